The summed E-state index contributed by atoms with van der Waals surface area (Å²) >= 11 is 0. The highest BCUT2D eigenvalue weighted by Crippen LogP contribution is 2.29. The molecule has 0 aliphatic heterocycles. The number of aromatic hydroxyl groups is 1. The number of hydrogen-bond donors (Lipinski definition) is 1. The van der Waals surface area contributed by atoms with Gasteiger partial charge in [-0.2, -0.15) is 0 Å². The molecular formula is C15H21NO2. The van der Waals surface area contributed by atoms with Gasteiger partial charge in [0.25, 0.3) is 0 Å². The van der Waals surface area contributed by atoms with Crippen molar-refractivity contribution >= 4 is 6.21 Å². The molecule has 2 rings (SSSR count). The molecule has 1 aliphatic carbocycles. The van der Waals surface area contributed by atoms with Crippen LogP contribution in [-0.2, 0) is 0 Å². The molecule has 0 atom stereocenters. The molecule has 0 aromatic heterocycles. The van der Waals surface area contributed by atoms with Crippen LogP contribution in [0, 0.1) is 0 Å². The number of ether oxygens (including phenoxy) is 1. The molecule has 1 aliphatic rings. The minimum Gasteiger partial charge on any atom is -0.504 e. The fraction of sp³-hybridized carbons (Fsp3) is 0.533. The summed E-state index contributed by atoms with van der Waals surface area (Å²) in [5.74, 6) is 0.726. The Kier molecular flexibility index (Phi) is 4.62. The van der Waals surface area contributed by atoms with Crippen LogP contribution >= 0.6 is 0 Å². The van der Waals surface area contributed by atoms with Crippen molar-refractivity contribution in [3.63, 3.8) is 0 Å². The van der Waals surface area contributed by atoms with Gasteiger partial charge in [0.2, 0.25) is 0 Å². The van der Waals surface area contributed by atoms with Crippen molar-refractivity contribution in [2.45, 2.75) is 45.1 Å². The zero-order chi connectivity index (χ0) is 12.8. The van der Waals surface area contributed by atoms with Gasteiger partial charge in [-0.1, -0.05) is 25.3 Å². The van der Waals surface area contributed by atoms with Gasteiger partial charge < -0.3 is 9.84 Å². The number of para-hydroxylation sites is 1. The average molecular weight is 247 g/mol. The first-order valence-electron chi connectivity index (χ1n) is 6.79. The Morgan fingerprint density at radius 3 is 2.83 bits per heavy atom. The molecule has 0 unspecified atom stereocenters. The Hall–Kier alpha value is -1.51. The standard InChI is InChI=1S/C15H21NO2/c1-2-18-14-10-6-7-12(15(14)17)11-16-13-8-4-3-5-9-13/h6-7,10-11,13,17H,2-5,8-9H2,1H3. The number of rotatable bonds is 4. The normalized spacial score (nSPS) is 17.2. The van der Waals surface area contributed by atoms with Gasteiger partial charge in [0, 0.05) is 17.8 Å². The third kappa shape index (κ3) is 3.25. The number of phenols is 1. The molecule has 1 aromatic rings. The lowest BCUT2D eigenvalue weighted by Gasteiger charge is -2.17. The molecule has 1 saturated carbocycles. The van der Waals surface area contributed by atoms with Crippen molar-refractivity contribution in [2.24, 2.45) is 4.99 Å². The molecule has 98 valence electrons. The van der Waals surface area contributed by atoms with Crippen molar-refractivity contribution in [3.05, 3.63) is 23.8 Å². The first kappa shape index (κ1) is 12.9. The lowest BCUT2D eigenvalue weighted by molar-refractivity contribution is 0.318. The molecule has 18 heavy (non-hydrogen) atoms. The lowest BCUT2D eigenvalue weighted by Crippen LogP contribution is -2.09. The van der Waals surface area contributed by atoms with Crippen molar-refractivity contribution < 1.29 is 9.84 Å². The molecule has 0 radical (unpaired) electrons. The molecule has 1 aromatic carbocycles. The van der Waals surface area contributed by atoms with Gasteiger partial charge in [-0.3, -0.25) is 4.99 Å². The maximum absolute atomic E-state index is 10.0. The van der Waals surface area contributed by atoms with Crippen LogP contribution in [0.5, 0.6) is 11.5 Å². The highest BCUT2D eigenvalue weighted by molar-refractivity contribution is 5.84. The number of hydrogen-bond acceptors (Lipinski definition) is 3. The summed E-state index contributed by atoms with van der Waals surface area (Å²) in [6.45, 7) is 2.46. The van der Waals surface area contributed by atoms with E-state index in [4.69, 9.17) is 4.74 Å². The monoisotopic (exact) mass is 247 g/mol. The van der Waals surface area contributed by atoms with E-state index in [1.54, 1.807) is 12.3 Å². The van der Waals surface area contributed by atoms with E-state index in [0.717, 1.165) is 5.56 Å². The zero-order valence-electron chi connectivity index (χ0n) is 10.9. The lowest BCUT2D eigenvalue weighted by atomic mass is 9.96. The number of aliphatic imine (C=N–C) groups is 1. The molecule has 0 saturated heterocycles. The van der Waals surface area contributed by atoms with Crippen LogP contribution in [0.2, 0.25) is 0 Å². The summed E-state index contributed by atoms with van der Waals surface area (Å²) < 4.78 is 5.36. The molecule has 1 fully saturated rings. The Balaban J connectivity index is 2.08. The van der Waals surface area contributed by atoms with Crippen molar-refractivity contribution in [1.82, 2.24) is 0 Å². The Labute approximate surface area is 109 Å². The van der Waals surface area contributed by atoms with Crippen molar-refractivity contribution in [1.29, 1.82) is 0 Å². The predicted octanol–water partition coefficient (Wildman–Crippen LogP) is 3.54. The van der Waals surface area contributed by atoms with Crippen LogP contribution in [-0.4, -0.2) is 24.0 Å². The van der Waals surface area contributed by atoms with Crippen LogP contribution in [0.25, 0.3) is 0 Å². The quantitative estimate of drug-likeness (QED) is 0.827. The summed E-state index contributed by atoms with van der Waals surface area (Å²) in [5, 5.41) is 10.0. The molecule has 0 spiro atoms. The minimum atomic E-state index is 0.193. The molecule has 0 heterocycles. The van der Waals surface area contributed by atoms with Gasteiger partial charge in [-0.25, -0.2) is 0 Å². The third-order valence-electron chi connectivity index (χ3n) is 3.33. The maximum atomic E-state index is 10.0. The van der Waals surface area contributed by atoms with Crippen LogP contribution in [0.4, 0.5) is 0 Å². The smallest absolute Gasteiger partial charge is 0.166 e. The Morgan fingerprint density at radius 2 is 2.11 bits per heavy atom. The van der Waals surface area contributed by atoms with Crippen molar-refractivity contribution in [2.75, 3.05) is 6.61 Å². The fourth-order valence-corrected chi connectivity index (χ4v) is 2.33. The fourth-order valence-electron chi connectivity index (χ4n) is 2.33. The minimum absolute atomic E-state index is 0.193. The van der Waals surface area contributed by atoms with Gasteiger partial charge in [0.15, 0.2) is 11.5 Å². The first-order valence-corrected chi connectivity index (χ1v) is 6.79. The van der Waals surface area contributed by atoms with E-state index in [9.17, 15) is 5.11 Å². The molecule has 0 bridgehead atoms. The van der Waals surface area contributed by atoms with Crippen LogP contribution in [0.1, 0.15) is 44.6 Å². The second-order valence-corrected chi connectivity index (χ2v) is 4.70. The summed E-state index contributed by atoms with van der Waals surface area (Å²) in [5.41, 5.74) is 0.742. The summed E-state index contributed by atoms with van der Waals surface area (Å²) in [6, 6.07) is 5.95. The van der Waals surface area contributed by atoms with Crippen molar-refractivity contribution in [3.8, 4) is 11.5 Å². The summed E-state index contributed by atoms with van der Waals surface area (Å²) in [4.78, 5) is 4.57. The van der Waals surface area contributed by atoms with E-state index in [2.05, 4.69) is 4.99 Å². The van der Waals surface area contributed by atoms with E-state index < -0.39 is 0 Å². The number of benzene rings is 1. The molecular weight excluding hydrogens is 226 g/mol. The van der Waals surface area contributed by atoms with Gasteiger partial charge in [-0.15, -0.1) is 0 Å². The first-order chi connectivity index (χ1) is 8.81. The number of nitrogens with zero attached hydrogens (tertiary/aromatic N) is 1. The predicted molar refractivity (Wildman–Crippen MR) is 73.7 cm³/mol. The highest BCUT2D eigenvalue weighted by Gasteiger charge is 2.11. The van der Waals surface area contributed by atoms with Crippen LogP contribution in [0.3, 0.4) is 0 Å². The Morgan fingerprint density at radius 1 is 1.33 bits per heavy atom. The largest absolute Gasteiger partial charge is 0.504 e. The van der Waals surface area contributed by atoms with E-state index in [0.29, 0.717) is 18.4 Å². The molecule has 3 nitrogen and oxygen atoms in total. The second kappa shape index (κ2) is 6.43. The average Bonchev–Trinajstić information content (AvgIpc) is 2.41. The molecule has 0 amide bonds. The molecule has 3 heteroatoms. The maximum Gasteiger partial charge on any atom is 0.166 e. The SMILES string of the molecule is CCOc1cccc(C=NC2CCCCC2)c1O. The van der Waals surface area contributed by atoms with E-state index >= 15 is 0 Å². The van der Waals surface area contributed by atoms with E-state index in [-0.39, 0.29) is 5.75 Å². The van der Waals surface area contributed by atoms with Crippen LogP contribution < -0.4 is 4.74 Å². The third-order valence-corrected chi connectivity index (χ3v) is 3.33. The topological polar surface area (TPSA) is 41.8 Å². The second-order valence-electron chi connectivity index (χ2n) is 4.70. The van der Waals surface area contributed by atoms with Crippen LogP contribution in [0.15, 0.2) is 23.2 Å². The zero-order valence-corrected chi connectivity index (χ0v) is 10.9. The molecule has 1 N–H and O–H groups in total. The van der Waals surface area contributed by atoms with Gasteiger partial charge in [0.1, 0.15) is 0 Å². The summed E-state index contributed by atoms with van der Waals surface area (Å²) in [7, 11) is 0. The Bertz CT molecular complexity index is 409. The van der Waals surface area contributed by atoms with Gasteiger partial charge >= 0.3 is 0 Å². The summed E-state index contributed by atoms with van der Waals surface area (Å²) in [6.07, 6.45) is 8.00. The number of phenolic OH excluding ortho intramolecular Hbond substituents is 1. The van der Waals surface area contributed by atoms with E-state index in [1.807, 2.05) is 19.1 Å². The van der Waals surface area contributed by atoms with E-state index in [1.165, 1.54) is 32.1 Å². The van der Waals surface area contributed by atoms with Gasteiger partial charge in [0.05, 0.1) is 6.61 Å². The highest BCUT2D eigenvalue weighted by atomic mass is 16.5. The van der Waals surface area contributed by atoms with Gasteiger partial charge in [-0.05, 0) is 31.9 Å².